The molecule has 4 rings (SSSR count). The topological polar surface area (TPSA) is 49.6 Å². The van der Waals surface area contributed by atoms with E-state index < -0.39 is 11.9 Å². The van der Waals surface area contributed by atoms with Crippen molar-refractivity contribution in [1.29, 1.82) is 0 Å². The molecule has 3 aromatic heterocycles. The Morgan fingerprint density at radius 1 is 1.00 bits per heavy atom. The van der Waals surface area contributed by atoms with Crippen molar-refractivity contribution in [3.8, 4) is 0 Å². The molecule has 0 atom stereocenters. The molecule has 4 heterocycles. The van der Waals surface area contributed by atoms with Gasteiger partial charge in [-0.2, -0.15) is 13.2 Å². The zero-order valence-corrected chi connectivity index (χ0v) is 15.1. The Morgan fingerprint density at radius 3 is 2.35 bits per heavy atom. The number of rotatable bonds is 2. The van der Waals surface area contributed by atoms with Crippen LogP contribution in [-0.2, 0) is 6.18 Å². The lowest BCUT2D eigenvalue weighted by Crippen LogP contribution is -2.47. The average molecular weight is 382 g/mol. The van der Waals surface area contributed by atoms with Gasteiger partial charge in [0.25, 0.3) is 0 Å². The summed E-state index contributed by atoms with van der Waals surface area (Å²) < 4.78 is 40.0. The molecule has 0 radical (unpaired) electrons. The van der Waals surface area contributed by atoms with Crippen LogP contribution in [0.4, 0.5) is 24.1 Å². The van der Waals surface area contributed by atoms with E-state index in [0.717, 1.165) is 39.6 Å². The number of alkyl halides is 3. The van der Waals surface area contributed by atoms with Crippen LogP contribution in [0.3, 0.4) is 0 Å². The average Bonchev–Trinajstić information content (AvgIpc) is 3.21. The molecule has 0 unspecified atom stereocenters. The number of halogens is 3. The number of piperazine rings is 1. The van der Waals surface area contributed by atoms with Crippen LogP contribution < -0.4 is 9.80 Å². The lowest BCUT2D eigenvalue weighted by molar-refractivity contribution is -0.140. The van der Waals surface area contributed by atoms with Gasteiger partial charge in [0.15, 0.2) is 16.5 Å². The fourth-order valence-corrected chi connectivity index (χ4v) is 3.87. The minimum atomic E-state index is -4.39. The maximum atomic E-state index is 12.7. The van der Waals surface area contributed by atoms with Crippen molar-refractivity contribution in [3.63, 3.8) is 0 Å². The zero-order chi connectivity index (χ0) is 18.5. The maximum absolute atomic E-state index is 12.7. The van der Waals surface area contributed by atoms with Gasteiger partial charge in [-0.15, -0.1) is 16.4 Å². The van der Waals surface area contributed by atoms with Gasteiger partial charge in [0.1, 0.15) is 5.82 Å². The minimum absolute atomic E-state index is 0.418. The Bertz CT molecular complexity index is 939. The van der Waals surface area contributed by atoms with Crippen LogP contribution >= 0.6 is 11.3 Å². The number of hydrogen-bond acceptors (Lipinski definition) is 6. The molecule has 0 aliphatic carbocycles. The number of fused-ring (bicyclic) bond motifs is 1. The fraction of sp³-hybridized carbons (Fsp3) is 0.438. The molecule has 0 aromatic carbocycles. The van der Waals surface area contributed by atoms with Crippen molar-refractivity contribution in [3.05, 3.63) is 34.6 Å². The van der Waals surface area contributed by atoms with E-state index in [1.807, 2.05) is 35.4 Å². The van der Waals surface area contributed by atoms with Crippen LogP contribution in [0.25, 0.3) is 5.65 Å². The van der Waals surface area contributed by atoms with Gasteiger partial charge < -0.3 is 9.80 Å². The summed E-state index contributed by atoms with van der Waals surface area (Å²) in [6.45, 7) is 6.48. The SMILES string of the molecule is Cc1nc2ccc(N3CCN(c4nc(C(F)(F)F)cs4)CC3)nn2c1C. The molecular weight excluding hydrogens is 365 g/mol. The molecule has 1 aliphatic heterocycles. The van der Waals surface area contributed by atoms with Crippen LogP contribution in [-0.4, -0.2) is 45.8 Å². The Hall–Kier alpha value is -2.36. The highest BCUT2D eigenvalue weighted by Crippen LogP contribution is 2.33. The van der Waals surface area contributed by atoms with Crippen molar-refractivity contribution in [2.24, 2.45) is 0 Å². The Labute approximate surface area is 151 Å². The van der Waals surface area contributed by atoms with Crippen molar-refractivity contribution < 1.29 is 13.2 Å². The molecule has 0 saturated carbocycles. The molecule has 0 amide bonds. The summed E-state index contributed by atoms with van der Waals surface area (Å²) in [5, 5.41) is 6.14. The number of anilines is 2. The third-order valence-electron chi connectivity index (χ3n) is 4.58. The van der Waals surface area contributed by atoms with Crippen LogP contribution in [0.2, 0.25) is 0 Å². The third kappa shape index (κ3) is 2.98. The zero-order valence-electron chi connectivity index (χ0n) is 14.3. The molecule has 26 heavy (non-hydrogen) atoms. The van der Waals surface area contributed by atoms with Gasteiger partial charge in [-0.25, -0.2) is 14.5 Å². The van der Waals surface area contributed by atoms with Gasteiger partial charge in [-0.3, -0.25) is 0 Å². The summed E-state index contributed by atoms with van der Waals surface area (Å²) in [7, 11) is 0. The van der Waals surface area contributed by atoms with E-state index in [1.54, 1.807) is 0 Å². The summed E-state index contributed by atoms with van der Waals surface area (Å²) in [5.41, 5.74) is 1.94. The molecule has 6 nitrogen and oxygen atoms in total. The molecule has 0 spiro atoms. The maximum Gasteiger partial charge on any atom is 0.434 e. The molecule has 1 saturated heterocycles. The number of aryl methyl sites for hydroxylation is 2. The van der Waals surface area contributed by atoms with Gasteiger partial charge in [-0.1, -0.05) is 0 Å². The van der Waals surface area contributed by atoms with Crippen LogP contribution in [0, 0.1) is 13.8 Å². The largest absolute Gasteiger partial charge is 0.434 e. The van der Waals surface area contributed by atoms with Crippen molar-refractivity contribution in [2.45, 2.75) is 20.0 Å². The van der Waals surface area contributed by atoms with E-state index >= 15 is 0 Å². The van der Waals surface area contributed by atoms with Crippen molar-refractivity contribution >= 4 is 27.9 Å². The van der Waals surface area contributed by atoms with E-state index in [0.29, 0.717) is 31.3 Å². The lowest BCUT2D eigenvalue weighted by atomic mass is 10.3. The first-order chi connectivity index (χ1) is 12.3. The predicted molar refractivity (Wildman–Crippen MR) is 94.0 cm³/mol. The first-order valence-corrected chi connectivity index (χ1v) is 9.06. The quantitative estimate of drug-likeness (QED) is 0.682. The van der Waals surface area contributed by atoms with Gasteiger partial charge in [0, 0.05) is 31.6 Å². The molecule has 1 aliphatic rings. The summed E-state index contributed by atoms with van der Waals surface area (Å²) in [4.78, 5) is 12.2. The highest BCUT2D eigenvalue weighted by atomic mass is 32.1. The second-order valence-corrected chi connectivity index (χ2v) is 7.07. The number of nitrogens with zero attached hydrogens (tertiary/aromatic N) is 6. The second-order valence-electron chi connectivity index (χ2n) is 6.23. The van der Waals surface area contributed by atoms with Crippen LogP contribution in [0.1, 0.15) is 17.1 Å². The van der Waals surface area contributed by atoms with Crippen molar-refractivity contribution in [1.82, 2.24) is 19.6 Å². The molecule has 1 fully saturated rings. The Balaban J connectivity index is 1.48. The summed E-state index contributed by atoms with van der Waals surface area (Å²) in [6, 6.07) is 3.87. The highest BCUT2D eigenvalue weighted by molar-refractivity contribution is 7.13. The van der Waals surface area contributed by atoms with E-state index in [-0.39, 0.29) is 0 Å². The number of thiazole rings is 1. The highest BCUT2D eigenvalue weighted by Gasteiger charge is 2.34. The van der Waals surface area contributed by atoms with Gasteiger partial charge in [0.2, 0.25) is 0 Å². The molecule has 0 bridgehead atoms. The standard InChI is InChI=1S/C16H17F3N6S/c1-10-11(2)25-13(20-10)3-4-14(22-25)23-5-7-24(8-6-23)15-21-12(9-26-15)16(17,18)19/h3-4,9H,5-8H2,1-2H3. The van der Waals surface area contributed by atoms with Crippen LogP contribution in [0.15, 0.2) is 17.5 Å². The Morgan fingerprint density at radius 2 is 1.69 bits per heavy atom. The fourth-order valence-electron chi connectivity index (χ4n) is 2.98. The van der Waals surface area contributed by atoms with Crippen LogP contribution in [0.5, 0.6) is 0 Å². The number of aromatic nitrogens is 4. The van der Waals surface area contributed by atoms with E-state index in [4.69, 9.17) is 0 Å². The smallest absolute Gasteiger partial charge is 0.352 e. The summed E-state index contributed by atoms with van der Waals surface area (Å²) in [5.74, 6) is 0.841. The molecule has 138 valence electrons. The second kappa shape index (κ2) is 6.11. The van der Waals surface area contributed by atoms with E-state index in [9.17, 15) is 13.2 Å². The van der Waals surface area contributed by atoms with Gasteiger partial charge >= 0.3 is 6.18 Å². The molecule has 10 heteroatoms. The van der Waals surface area contributed by atoms with Gasteiger partial charge in [0.05, 0.1) is 11.4 Å². The van der Waals surface area contributed by atoms with Gasteiger partial charge in [-0.05, 0) is 26.0 Å². The third-order valence-corrected chi connectivity index (χ3v) is 5.48. The molecular formula is C16H17F3N6S. The first-order valence-electron chi connectivity index (χ1n) is 8.18. The summed E-state index contributed by atoms with van der Waals surface area (Å²) in [6.07, 6.45) is -4.39. The van der Waals surface area contributed by atoms with E-state index in [2.05, 4.69) is 20.0 Å². The molecule has 3 aromatic rings. The number of imidazole rings is 1. The normalized spacial score (nSPS) is 15.9. The lowest BCUT2D eigenvalue weighted by Gasteiger charge is -2.35. The Kier molecular flexibility index (Phi) is 4.02. The molecule has 0 N–H and O–H groups in total. The summed E-state index contributed by atoms with van der Waals surface area (Å²) >= 11 is 1.03. The van der Waals surface area contributed by atoms with Crippen molar-refractivity contribution in [2.75, 3.05) is 36.0 Å². The predicted octanol–water partition coefficient (Wildman–Crippen LogP) is 3.15. The number of hydrogen-bond donors (Lipinski definition) is 0. The first kappa shape index (κ1) is 17.1. The monoisotopic (exact) mass is 382 g/mol. The van der Waals surface area contributed by atoms with E-state index in [1.165, 1.54) is 0 Å². The minimum Gasteiger partial charge on any atom is -0.352 e.